The van der Waals surface area contributed by atoms with E-state index in [4.69, 9.17) is 0 Å². The van der Waals surface area contributed by atoms with Gasteiger partial charge in [0.15, 0.2) is 0 Å². The quantitative estimate of drug-likeness (QED) is 0.644. The molecule has 30 heavy (non-hydrogen) atoms. The van der Waals surface area contributed by atoms with Crippen molar-refractivity contribution < 1.29 is 9.59 Å². The largest absolute Gasteiger partial charge is 0.342 e. The number of benzene rings is 2. The van der Waals surface area contributed by atoms with Gasteiger partial charge in [-0.2, -0.15) is 0 Å². The van der Waals surface area contributed by atoms with Crippen LogP contribution in [0.1, 0.15) is 51.2 Å². The molecule has 0 unspecified atom stereocenters. The second-order valence-corrected chi connectivity index (χ2v) is 8.97. The Morgan fingerprint density at radius 1 is 0.967 bits per heavy atom. The van der Waals surface area contributed by atoms with Gasteiger partial charge in [-0.15, -0.1) is 0 Å². The first-order valence-corrected chi connectivity index (χ1v) is 11.1. The van der Waals surface area contributed by atoms with Crippen LogP contribution in [-0.2, 0) is 22.6 Å². The first kappa shape index (κ1) is 22.1. The first-order chi connectivity index (χ1) is 14.4. The van der Waals surface area contributed by atoms with Crippen LogP contribution in [0.3, 0.4) is 0 Å². The number of likely N-dealkylation sites (tertiary alicyclic amines) is 1. The Kier molecular flexibility index (Phi) is 7.67. The molecule has 1 fully saturated rings. The van der Waals surface area contributed by atoms with Crippen molar-refractivity contribution in [3.63, 3.8) is 0 Å². The normalized spacial score (nSPS) is 14.7. The lowest BCUT2D eigenvalue weighted by Crippen LogP contribution is -2.38. The van der Waals surface area contributed by atoms with Crippen molar-refractivity contribution in [1.82, 2.24) is 4.90 Å². The van der Waals surface area contributed by atoms with Gasteiger partial charge in [0.1, 0.15) is 0 Å². The topological polar surface area (TPSA) is 40.6 Å². The molecule has 2 aromatic rings. The minimum Gasteiger partial charge on any atom is -0.342 e. The fourth-order valence-electron chi connectivity index (χ4n) is 3.89. The molecule has 4 heteroatoms. The van der Waals surface area contributed by atoms with Gasteiger partial charge in [-0.3, -0.25) is 9.59 Å². The van der Waals surface area contributed by atoms with Gasteiger partial charge in [0.05, 0.1) is 13.0 Å². The Hall–Kier alpha value is -2.62. The standard InChI is InChI=1S/C26H34N2O2/c1-20(2)17-26(30)28(19-23-7-5-4-6-8-23)24-11-9-22(10-12-24)18-25(29)27-15-13-21(3)14-16-27/h4-12,20-21H,13-19H2,1-3H3. The maximum Gasteiger partial charge on any atom is 0.227 e. The summed E-state index contributed by atoms with van der Waals surface area (Å²) in [5.41, 5.74) is 2.99. The summed E-state index contributed by atoms with van der Waals surface area (Å²) in [6.45, 7) is 8.67. The Morgan fingerprint density at radius 2 is 1.60 bits per heavy atom. The Labute approximate surface area is 180 Å². The molecule has 1 aliphatic rings. The third kappa shape index (κ3) is 6.19. The molecule has 0 spiro atoms. The predicted octanol–water partition coefficient (Wildman–Crippen LogP) is 5.07. The SMILES string of the molecule is CC(C)CC(=O)N(Cc1ccccc1)c1ccc(CC(=O)N2CCC(C)CC2)cc1. The predicted molar refractivity (Wildman–Crippen MR) is 122 cm³/mol. The van der Waals surface area contributed by atoms with Gasteiger partial charge in [0.25, 0.3) is 0 Å². The molecule has 2 amide bonds. The minimum absolute atomic E-state index is 0.125. The average Bonchev–Trinajstić information content (AvgIpc) is 2.73. The van der Waals surface area contributed by atoms with Crippen molar-refractivity contribution in [1.29, 1.82) is 0 Å². The van der Waals surface area contributed by atoms with Crippen molar-refractivity contribution in [2.75, 3.05) is 18.0 Å². The van der Waals surface area contributed by atoms with E-state index in [0.29, 0.717) is 31.2 Å². The molecule has 1 heterocycles. The van der Waals surface area contributed by atoms with E-state index >= 15 is 0 Å². The number of nitrogens with zero attached hydrogens (tertiary/aromatic N) is 2. The van der Waals surface area contributed by atoms with Crippen LogP contribution in [0.15, 0.2) is 54.6 Å². The molecule has 0 radical (unpaired) electrons. The molecule has 0 aromatic heterocycles. The highest BCUT2D eigenvalue weighted by Crippen LogP contribution is 2.22. The second-order valence-electron chi connectivity index (χ2n) is 8.97. The van der Waals surface area contributed by atoms with Gasteiger partial charge < -0.3 is 9.80 Å². The maximum atomic E-state index is 12.9. The zero-order valence-electron chi connectivity index (χ0n) is 18.5. The number of carbonyl (C=O) groups excluding carboxylic acids is 2. The van der Waals surface area contributed by atoms with Crippen LogP contribution in [0.2, 0.25) is 0 Å². The van der Waals surface area contributed by atoms with E-state index in [1.54, 1.807) is 0 Å². The summed E-state index contributed by atoms with van der Waals surface area (Å²) in [5.74, 6) is 1.35. The summed E-state index contributed by atoms with van der Waals surface area (Å²) in [5, 5.41) is 0. The van der Waals surface area contributed by atoms with Crippen molar-refractivity contribution in [3.05, 3.63) is 65.7 Å². The van der Waals surface area contributed by atoms with Crippen LogP contribution in [0, 0.1) is 11.8 Å². The Bertz CT molecular complexity index is 822. The van der Waals surface area contributed by atoms with Crippen LogP contribution in [0.5, 0.6) is 0 Å². The Morgan fingerprint density at radius 3 is 2.20 bits per heavy atom. The van der Waals surface area contributed by atoms with Crippen molar-refractivity contribution >= 4 is 17.5 Å². The zero-order chi connectivity index (χ0) is 21.5. The summed E-state index contributed by atoms with van der Waals surface area (Å²) in [6.07, 6.45) is 3.13. The Balaban J connectivity index is 1.69. The van der Waals surface area contributed by atoms with E-state index < -0.39 is 0 Å². The summed E-state index contributed by atoms with van der Waals surface area (Å²) in [7, 11) is 0. The molecule has 0 saturated carbocycles. The molecule has 0 aliphatic carbocycles. The fraction of sp³-hybridized carbons (Fsp3) is 0.462. The lowest BCUT2D eigenvalue weighted by atomic mass is 9.98. The molecule has 3 rings (SSSR count). The molecular weight excluding hydrogens is 372 g/mol. The van der Waals surface area contributed by atoms with E-state index in [1.807, 2.05) is 64.4 Å². The highest BCUT2D eigenvalue weighted by molar-refractivity contribution is 5.93. The molecule has 2 aromatic carbocycles. The first-order valence-electron chi connectivity index (χ1n) is 11.1. The molecule has 160 valence electrons. The average molecular weight is 407 g/mol. The van der Waals surface area contributed by atoms with Crippen LogP contribution in [0.4, 0.5) is 5.69 Å². The van der Waals surface area contributed by atoms with Gasteiger partial charge in [-0.1, -0.05) is 63.2 Å². The van der Waals surface area contributed by atoms with Gasteiger partial charge >= 0.3 is 0 Å². The van der Waals surface area contributed by atoms with Crippen LogP contribution in [-0.4, -0.2) is 29.8 Å². The number of carbonyl (C=O) groups is 2. The van der Waals surface area contributed by atoms with Gasteiger partial charge in [0.2, 0.25) is 11.8 Å². The lowest BCUT2D eigenvalue weighted by molar-refractivity contribution is -0.131. The second kappa shape index (κ2) is 10.4. The molecule has 1 saturated heterocycles. The number of amides is 2. The smallest absolute Gasteiger partial charge is 0.227 e. The lowest BCUT2D eigenvalue weighted by Gasteiger charge is -2.30. The van der Waals surface area contributed by atoms with Crippen molar-refractivity contribution in [2.45, 2.75) is 53.0 Å². The number of piperidine rings is 1. The molecule has 1 aliphatic heterocycles. The van der Waals surface area contributed by atoms with E-state index in [2.05, 4.69) is 20.8 Å². The van der Waals surface area contributed by atoms with E-state index in [1.165, 1.54) is 0 Å². The molecule has 0 N–H and O–H groups in total. The van der Waals surface area contributed by atoms with E-state index in [9.17, 15) is 9.59 Å². The molecule has 0 atom stereocenters. The van der Waals surface area contributed by atoms with Crippen molar-refractivity contribution in [3.8, 4) is 0 Å². The highest BCUT2D eigenvalue weighted by atomic mass is 16.2. The van der Waals surface area contributed by atoms with Gasteiger partial charge in [-0.25, -0.2) is 0 Å². The van der Waals surface area contributed by atoms with Gasteiger partial charge in [0, 0.05) is 25.2 Å². The van der Waals surface area contributed by atoms with Crippen LogP contribution >= 0.6 is 0 Å². The van der Waals surface area contributed by atoms with Crippen molar-refractivity contribution in [2.24, 2.45) is 11.8 Å². The fourth-order valence-corrected chi connectivity index (χ4v) is 3.89. The summed E-state index contributed by atoms with van der Waals surface area (Å²) in [6, 6.07) is 18.0. The zero-order valence-corrected chi connectivity index (χ0v) is 18.5. The number of hydrogen-bond acceptors (Lipinski definition) is 2. The minimum atomic E-state index is 0.125. The summed E-state index contributed by atoms with van der Waals surface area (Å²) < 4.78 is 0. The highest BCUT2D eigenvalue weighted by Gasteiger charge is 2.21. The van der Waals surface area contributed by atoms with E-state index in [-0.39, 0.29) is 11.8 Å². The maximum absolute atomic E-state index is 12.9. The summed E-state index contributed by atoms with van der Waals surface area (Å²) in [4.78, 5) is 29.4. The van der Waals surface area contributed by atoms with E-state index in [0.717, 1.165) is 42.7 Å². The third-order valence-corrected chi connectivity index (χ3v) is 5.81. The number of rotatable bonds is 7. The van der Waals surface area contributed by atoms with Crippen LogP contribution in [0.25, 0.3) is 0 Å². The molecule has 0 bridgehead atoms. The number of anilines is 1. The third-order valence-electron chi connectivity index (χ3n) is 5.81. The number of hydrogen-bond donors (Lipinski definition) is 0. The molecule has 4 nitrogen and oxygen atoms in total. The summed E-state index contributed by atoms with van der Waals surface area (Å²) >= 11 is 0. The van der Waals surface area contributed by atoms with Crippen LogP contribution < -0.4 is 4.90 Å². The van der Waals surface area contributed by atoms with Gasteiger partial charge in [-0.05, 0) is 47.9 Å². The molecular formula is C26H34N2O2. The monoisotopic (exact) mass is 406 g/mol.